The van der Waals surface area contributed by atoms with Gasteiger partial charge in [-0.1, -0.05) is 6.42 Å². The fraction of sp³-hybridized carbons (Fsp3) is 0.619. The van der Waals surface area contributed by atoms with Crippen LogP contribution in [0.1, 0.15) is 52.8 Å². The summed E-state index contributed by atoms with van der Waals surface area (Å²) < 4.78 is 5.29. The van der Waals surface area contributed by atoms with Crippen molar-refractivity contribution in [1.29, 1.82) is 0 Å². The molecule has 4 rings (SSSR count). The average Bonchev–Trinajstić information content (AvgIpc) is 3.07. The highest BCUT2D eigenvalue weighted by atomic mass is 16.5. The molecule has 6 heteroatoms. The van der Waals surface area contributed by atoms with Crippen LogP contribution in [-0.2, 0) is 4.74 Å². The third kappa shape index (κ3) is 3.60. The Morgan fingerprint density at radius 2 is 1.52 bits per heavy atom. The van der Waals surface area contributed by atoms with Gasteiger partial charge in [0, 0.05) is 42.7 Å². The minimum Gasteiger partial charge on any atom is -0.392 e. The van der Waals surface area contributed by atoms with E-state index >= 15 is 0 Å². The molecule has 1 aliphatic carbocycles. The third-order valence-corrected chi connectivity index (χ3v) is 6.43. The minimum atomic E-state index is -0.290. The van der Waals surface area contributed by atoms with Crippen LogP contribution in [-0.4, -0.2) is 72.2 Å². The summed E-state index contributed by atoms with van der Waals surface area (Å²) in [5.74, 6) is -0.0122. The molecule has 1 aromatic rings. The van der Waals surface area contributed by atoms with Crippen LogP contribution < -0.4 is 0 Å². The van der Waals surface area contributed by atoms with Crippen molar-refractivity contribution in [1.82, 2.24) is 9.80 Å². The summed E-state index contributed by atoms with van der Waals surface area (Å²) in [5.41, 5.74) is 1.10. The summed E-state index contributed by atoms with van der Waals surface area (Å²) in [5, 5.41) is 10.4. The van der Waals surface area contributed by atoms with E-state index in [2.05, 4.69) is 0 Å². The number of piperidine rings is 1. The normalized spacial score (nSPS) is 28.6. The summed E-state index contributed by atoms with van der Waals surface area (Å²) in [6.07, 6.45) is 4.55. The van der Waals surface area contributed by atoms with Crippen molar-refractivity contribution >= 4 is 11.8 Å². The lowest BCUT2D eigenvalue weighted by Gasteiger charge is -2.42. The highest BCUT2D eigenvalue weighted by Crippen LogP contribution is 2.45. The first-order chi connectivity index (χ1) is 13.1. The number of amides is 2. The molecule has 27 heavy (non-hydrogen) atoms. The summed E-state index contributed by atoms with van der Waals surface area (Å²) in [4.78, 5) is 29.2. The van der Waals surface area contributed by atoms with Crippen molar-refractivity contribution in [2.45, 2.75) is 38.2 Å². The molecule has 0 unspecified atom stereocenters. The van der Waals surface area contributed by atoms with E-state index in [0.29, 0.717) is 44.0 Å². The van der Waals surface area contributed by atoms with Gasteiger partial charge in [0.05, 0.1) is 19.3 Å². The van der Waals surface area contributed by atoms with E-state index in [1.807, 2.05) is 4.90 Å². The largest absolute Gasteiger partial charge is 0.392 e. The molecule has 3 fully saturated rings. The van der Waals surface area contributed by atoms with E-state index in [1.165, 1.54) is 0 Å². The first kappa shape index (κ1) is 18.4. The highest BCUT2D eigenvalue weighted by molar-refractivity contribution is 5.98. The van der Waals surface area contributed by atoms with Crippen molar-refractivity contribution in [2.24, 2.45) is 5.41 Å². The van der Waals surface area contributed by atoms with Gasteiger partial charge in [-0.3, -0.25) is 9.59 Å². The number of carbonyl (C=O) groups is 2. The maximum Gasteiger partial charge on any atom is 0.254 e. The number of morpholine rings is 1. The molecule has 2 aliphatic heterocycles. The quantitative estimate of drug-likeness (QED) is 0.861. The predicted molar refractivity (Wildman–Crippen MR) is 101 cm³/mol. The zero-order valence-electron chi connectivity index (χ0n) is 15.7. The Bertz CT molecular complexity index is 699. The summed E-state index contributed by atoms with van der Waals surface area (Å²) >= 11 is 0. The number of benzene rings is 1. The molecule has 0 radical (unpaired) electrons. The molecule has 0 bridgehead atoms. The number of ether oxygens (including phenoxy) is 1. The van der Waals surface area contributed by atoms with Crippen LogP contribution in [0.25, 0.3) is 0 Å². The lowest BCUT2D eigenvalue weighted by atomic mass is 9.76. The molecule has 2 heterocycles. The monoisotopic (exact) mass is 372 g/mol. The first-order valence-electron chi connectivity index (χ1n) is 10.0. The molecule has 1 saturated carbocycles. The van der Waals surface area contributed by atoms with E-state index in [1.54, 1.807) is 29.2 Å². The Morgan fingerprint density at radius 3 is 2.11 bits per heavy atom. The first-order valence-corrected chi connectivity index (χ1v) is 10.0. The van der Waals surface area contributed by atoms with Crippen molar-refractivity contribution in [3.63, 3.8) is 0 Å². The molecule has 1 spiro atoms. The third-order valence-electron chi connectivity index (χ3n) is 6.43. The van der Waals surface area contributed by atoms with Crippen LogP contribution in [0.3, 0.4) is 0 Å². The van der Waals surface area contributed by atoms with Crippen LogP contribution in [0.15, 0.2) is 24.3 Å². The van der Waals surface area contributed by atoms with Gasteiger partial charge in [-0.2, -0.15) is 0 Å². The molecule has 2 amide bonds. The van der Waals surface area contributed by atoms with E-state index < -0.39 is 0 Å². The highest BCUT2D eigenvalue weighted by Gasteiger charge is 2.45. The average molecular weight is 372 g/mol. The van der Waals surface area contributed by atoms with Gasteiger partial charge >= 0.3 is 0 Å². The molecule has 6 nitrogen and oxygen atoms in total. The van der Waals surface area contributed by atoms with Gasteiger partial charge in [0.25, 0.3) is 11.8 Å². The fourth-order valence-electron chi connectivity index (χ4n) is 4.82. The summed E-state index contributed by atoms with van der Waals surface area (Å²) in [7, 11) is 0. The van der Waals surface area contributed by atoms with E-state index in [9.17, 15) is 14.7 Å². The van der Waals surface area contributed by atoms with Crippen LogP contribution in [0.2, 0.25) is 0 Å². The lowest BCUT2D eigenvalue weighted by molar-refractivity contribution is -0.00536. The van der Waals surface area contributed by atoms with Gasteiger partial charge in [0.15, 0.2) is 0 Å². The maximum absolute atomic E-state index is 13.0. The molecule has 3 aliphatic rings. The van der Waals surface area contributed by atoms with Gasteiger partial charge in [0.1, 0.15) is 0 Å². The van der Waals surface area contributed by atoms with Crippen LogP contribution in [0.5, 0.6) is 0 Å². The second-order valence-electron chi connectivity index (χ2n) is 8.08. The minimum absolute atomic E-state index is 0.00135. The van der Waals surface area contributed by atoms with Gasteiger partial charge in [-0.15, -0.1) is 0 Å². The molecular weight excluding hydrogens is 344 g/mol. The standard InChI is InChI=1S/C21H28N2O4/c24-18-3-1-8-21(18)9-2-10-23(15-21)20(26)17-6-4-16(5-7-17)19(25)22-11-13-27-14-12-22/h4-7,18,24H,1-3,8-15H2/t18-,21+/m1/s1. The van der Waals surface area contributed by atoms with Gasteiger partial charge in [-0.05, 0) is 49.9 Å². The SMILES string of the molecule is O=C(c1ccc(C(=O)N2CCC[C@@]3(CCC[C@H]3O)C2)cc1)N1CCOCC1. The van der Waals surface area contributed by atoms with Crippen molar-refractivity contribution < 1.29 is 19.4 Å². The number of nitrogens with zero attached hydrogens (tertiary/aromatic N) is 2. The van der Waals surface area contributed by atoms with Crippen molar-refractivity contribution in [3.05, 3.63) is 35.4 Å². The molecule has 2 saturated heterocycles. The fourth-order valence-corrected chi connectivity index (χ4v) is 4.82. The van der Waals surface area contributed by atoms with Gasteiger partial charge in [-0.25, -0.2) is 0 Å². The number of aliphatic hydroxyl groups excluding tert-OH is 1. The number of hydrogen-bond acceptors (Lipinski definition) is 4. The molecule has 0 aromatic heterocycles. The Morgan fingerprint density at radius 1 is 0.926 bits per heavy atom. The zero-order chi connectivity index (χ0) is 18.9. The number of rotatable bonds is 2. The van der Waals surface area contributed by atoms with Gasteiger partial charge in [0.2, 0.25) is 0 Å². The summed E-state index contributed by atoms with van der Waals surface area (Å²) in [6, 6.07) is 7.00. The molecule has 2 atom stereocenters. The second kappa shape index (κ2) is 7.60. The predicted octanol–water partition coefficient (Wildman–Crippen LogP) is 1.93. The van der Waals surface area contributed by atoms with Crippen LogP contribution in [0, 0.1) is 5.41 Å². The van der Waals surface area contributed by atoms with Crippen LogP contribution in [0.4, 0.5) is 0 Å². The topological polar surface area (TPSA) is 70.1 Å². The molecular formula is C21H28N2O4. The Balaban J connectivity index is 1.44. The number of likely N-dealkylation sites (tertiary alicyclic amines) is 1. The molecule has 1 aromatic carbocycles. The molecule has 1 N–H and O–H groups in total. The van der Waals surface area contributed by atoms with E-state index in [4.69, 9.17) is 4.74 Å². The Labute approximate surface area is 160 Å². The zero-order valence-corrected chi connectivity index (χ0v) is 15.7. The number of carbonyl (C=O) groups excluding carboxylic acids is 2. The number of hydrogen-bond donors (Lipinski definition) is 1. The van der Waals surface area contributed by atoms with Crippen molar-refractivity contribution in [2.75, 3.05) is 39.4 Å². The second-order valence-corrected chi connectivity index (χ2v) is 8.08. The van der Waals surface area contributed by atoms with E-state index in [-0.39, 0.29) is 23.3 Å². The van der Waals surface area contributed by atoms with Crippen molar-refractivity contribution in [3.8, 4) is 0 Å². The van der Waals surface area contributed by atoms with E-state index in [0.717, 1.165) is 38.6 Å². The summed E-state index contributed by atoms with van der Waals surface area (Å²) in [6.45, 7) is 3.74. The van der Waals surface area contributed by atoms with Crippen LogP contribution >= 0.6 is 0 Å². The smallest absolute Gasteiger partial charge is 0.254 e. The molecule has 146 valence electrons. The maximum atomic E-state index is 13.0. The van der Waals surface area contributed by atoms with Gasteiger partial charge < -0.3 is 19.6 Å². The number of aliphatic hydroxyl groups is 1. The Kier molecular flexibility index (Phi) is 5.19. The lowest BCUT2D eigenvalue weighted by Crippen LogP contribution is -2.49. The Hall–Kier alpha value is -1.92.